The first-order valence-electron chi connectivity index (χ1n) is 8.46. The fourth-order valence-corrected chi connectivity index (χ4v) is 3.30. The molecule has 0 aromatic carbocycles. The molecule has 0 unspecified atom stereocenters. The highest BCUT2D eigenvalue weighted by Gasteiger charge is 2.24. The Morgan fingerprint density at radius 2 is 1.92 bits per heavy atom. The van der Waals surface area contributed by atoms with E-state index in [-0.39, 0.29) is 5.91 Å². The Kier molecular flexibility index (Phi) is 4.76. The second kappa shape index (κ2) is 6.81. The molecule has 0 radical (unpaired) electrons. The third-order valence-electron chi connectivity index (χ3n) is 4.71. The zero-order valence-corrected chi connectivity index (χ0v) is 14.9. The van der Waals surface area contributed by atoms with Crippen LogP contribution in [0.3, 0.4) is 0 Å². The van der Waals surface area contributed by atoms with Gasteiger partial charge in [0.15, 0.2) is 0 Å². The predicted octanol–water partition coefficient (Wildman–Crippen LogP) is 2.85. The molecule has 1 aliphatic heterocycles. The van der Waals surface area contributed by atoms with Gasteiger partial charge >= 0.3 is 0 Å². The summed E-state index contributed by atoms with van der Waals surface area (Å²) in [7, 11) is 0. The van der Waals surface area contributed by atoms with Crippen molar-refractivity contribution < 1.29 is 13.7 Å². The van der Waals surface area contributed by atoms with E-state index in [1.807, 2.05) is 38.7 Å². The van der Waals surface area contributed by atoms with Crippen molar-refractivity contribution in [2.75, 3.05) is 26.2 Å². The van der Waals surface area contributed by atoms with Crippen molar-refractivity contribution in [1.82, 2.24) is 15.0 Å². The number of furan rings is 1. The molecule has 3 heterocycles. The van der Waals surface area contributed by atoms with Crippen LogP contribution in [0.1, 0.15) is 45.3 Å². The number of hydrogen-bond acceptors (Lipinski definition) is 5. The van der Waals surface area contributed by atoms with E-state index >= 15 is 0 Å². The highest BCUT2D eigenvalue weighted by Crippen LogP contribution is 2.19. The molecule has 0 spiro atoms. The minimum atomic E-state index is 0.0727. The highest BCUT2D eigenvalue weighted by molar-refractivity contribution is 5.95. The van der Waals surface area contributed by atoms with Crippen LogP contribution in [0.5, 0.6) is 0 Å². The molecule has 0 saturated carbocycles. The molecular formula is C18H25N3O3. The van der Waals surface area contributed by atoms with Crippen LogP contribution in [0.4, 0.5) is 0 Å². The van der Waals surface area contributed by atoms with E-state index in [9.17, 15) is 4.79 Å². The van der Waals surface area contributed by atoms with Crippen molar-refractivity contribution in [3.63, 3.8) is 0 Å². The van der Waals surface area contributed by atoms with Gasteiger partial charge in [-0.15, -0.1) is 0 Å². The number of rotatable bonds is 3. The summed E-state index contributed by atoms with van der Waals surface area (Å²) in [6.07, 6.45) is 0.963. The van der Waals surface area contributed by atoms with Crippen LogP contribution in [0.2, 0.25) is 0 Å². The average Bonchev–Trinajstić information content (AvgIpc) is 2.93. The SMILES string of the molecule is Cc1cc(C(=O)N2CCCN(Cc3c(C)noc3C)CC2)c(C)o1. The Labute approximate surface area is 142 Å². The van der Waals surface area contributed by atoms with E-state index < -0.39 is 0 Å². The van der Waals surface area contributed by atoms with Crippen molar-refractivity contribution >= 4 is 5.91 Å². The monoisotopic (exact) mass is 331 g/mol. The standard InChI is InChI=1S/C18H25N3O3/c1-12-10-16(14(3)23-12)18(22)21-7-5-6-20(8-9-21)11-17-13(2)19-24-15(17)4/h10H,5-9,11H2,1-4H3. The summed E-state index contributed by atoms with van der Waals surface area (Å²) in [5, 5.41) is 4.02. The topological polar surface area (TPSA) is 62.7 Å². The molecule has 0 atom stereocenters. The Morgan fingerprint density at radius 3 is 2.54 bits per heavy atom. The van der Waals surface area contributed by atoms with Gasteiger partial charge in [-0.3, -0.25) is 9.69 Å². The van der Waals surface area contributed by atoms with Crippen molar-refractivity contribution in [1.29, 1.82) is 0 Å². The average molecular weight is 331 g/mol. The minimum Gasteiger partial charge on any atom is -0.466 e. The first-order chi connectivity index (χ1) is 11.5. The van der Waals surface area contributed by atoms with Gasteiger partial charge in [0.2, 0.25) is 0 Å². The molecule has 1 fully saturated rings. The van der Waals surface area contributed by atoms with Crippen molar-refractivity contribution in [2.24, 2.45) is 0 Å². The first kappa shape index (κ1) is 16.8. The molecular weight excluding hydrogens is 306 g/mol. The number of amides is 1. The van der Waals surface area contributed by atoms with Crippen LogP contribution in [0.15, 0.2) is 15.0 Å². The zero-order chi connectivity index (χ0) is 17.3. The second-order valence-corrected chi connectivity index (χ2v) is 6.55. The minimum absolute atomic E-state index is 0.0727. The van der Waals surface area contributed by atoms with Gasteiger partial charge in [-0.2, -0.15) is 0 Å². The second-order valence-electron chi connectivity index (χ2n) is 6.55. The molecule has 0 aliphatic carbocycles. The lowest BCUT2D eigenvalue weighted by atomic mass is 10.2. The molecule has 2 aromatic rings. The smallest absolute Gasteiger partial charge is 0.257 e. The third kappa shape index (κ3) is 3.38. The third-order valence-corrected chi connectivity index (χ3v) is 4.71. The van der Waals surface area contributed by atoms with Crippen LogP contribution in [0, 0.1) is 27.7 Å². The van der Waals surface area contributed by atoms with Gasteiger partial charge in [0.25, 0.3) is 5.91 Å². The van der Waals surface area contributed by atoms with E-state index in [0.29, 0.717) is 11.3 Å². The summed E-state index contributed by atoms with van der Waals surface area (Å²) >= 11 is 0. The fourth-order valence-electron chi connectivity index (χ4n) is 3.30. The lowest BCUT2D eigenvalue weighted by Gasteiger charge is -2.21. The Bertz CT molecular complexity index is 712. The van der Waals surface area contributed by atoms with Crippen molar-refractivity contribution in [3.8, 4) is 0 Å². The molecule has 2 aromatic heterocycles. The van der Waals surface area contributed by atoms with E-state index in [4.69, 9.17) is 8.94 Å². The molecule has 0 bridgehead atoms. The molecule has 1 amide bonds. The molecule has 0 N–H and O–H groups in total. The lowest BCUT2D eigenvalue weighted by Crippen LogP contribution is -2.35. The van der Waals surface area contributed by atoms with Gasteiger partial charge in [-0.1, -0.05) is 5.16 Å². The predicted molar refractivity (Wildman–Crippen MR) is 90.0 cm³/mol. The highest BCUT2D eigenvalue weighted by atomic mass is 16.5. The lowest BCUT2D eigenvalue weighted by molar-refractivity contribution is 0.0759. The Balaban J connectivity index is 1.65. The summed E-state index contributed by atoms with van der Waals surface area (Å²) in [6.45, 7) is 11.8. The Hall–Kier alpha value is -2.08. The number of aryl methyl sites for hydroxylation is 4. The molecule has 6 heteroatoms. The van der Waals surface area contributed by atoms with Crippen molar-refractivity contribution in [2.45, 2.75) is 40.7 Å². The van der Waals surface area contributed by atoms with E-state index in [1.165, 1.54) is 0 Å². The zero-order valence-electron chi connectivity index (χ0n) is 14.9. The van der Waals surface area contributed by atoms with Gasteiger partial charge in [-0.05, 0) is 40.2 Å². The molecule has 1 saturated heterocycles. The molecule has 130 valence electrons. The Morgan fingerprint density at radius 1 is 1.12 bits per heavy atom. The summed E-state index contributed by atoms with van der Waals surface area (Å²) < 4.78 is 10.7. The molecule has 3 rings (SSSR count). The summed E-state index contributed by atoms with van der Waals surface area (Å²) in [5.74, 6) is 2.44. The first-order valence-corrected chi connectivity index (χ1v) is 8.46. The van der Waals surface area contributed by atoms with Crippen LogP contribution >= 0.6 is 0 Å². The van der Waals surface area contributed by atoms with Gasteiger partial charge in [0, 0.05) is 38.3 Å². The summed E-state index contributed by atoms with van der Waals surface area (Å²) in [5.41, 5.74) is 2.80. The van der Waals surface area contributed by atoms with Gasteiger partial charge in [0.1, 0.15) is 17.3 Å². The maximum Gasteiger partial charge on any atom is 0.257 e. The van der Waals surface area contributed by atoms with Crippen LogP contribution in [-0.4, -0.2) is 47.0 Å². The van der Waals surface area contributed by atoms with Crippen LogP contribution < -0.4 is 0 Å². The number of nitrogens with zero attached hydrogens (tertiary/aromatic N) is 3. The van der Waals surface area contributed by atoms with Crippen molar-refractivity contribution in [3.05, 3.63) is 40.2 Å². The van der Waals surface area contributed by atoms with Crippen LogP contribution in [-0.2, 0) is 6.54 Å². The number of hydrogen-bond donors (Lipinski definition) is 0. The van der Waals surface area contributed by atoms with Gasteiger partial charge in [0.05, 0.1) is 11.3 Å². The molecule has 24 heavy (non-hydrogen) atoms. The number of aromatic nitrogens is 1. The van der Waals surface area contributed by atoms with Gasteiger partial charge < -0.3 is 13.8 Å². The molecule has 6 nitrogen and oxygen atoms in total. The number of carbonyl (C=O) groups is 1. The maximum atomic E-state index is 12.7. The number of carbonyl (C=O) groups excluding carboxylic acids is 1. The van der Waals surface area contributed by atoms with Crippen LogP contribution in [0.25, 0.3) is 0 Å². The summed E-state index contributed by atoms with van der Waals surface area (Å²) in [4.78, 5) is 17.0. The fraction of sp³-hybridized carbons (Fsp3) is 0.556. The molecule has 1 aliphatic rings. The maximum absolute atomic E-state index is 12.7. The summed E-state index contributed by atoms with van der Waals surface area (Å²) in [6, 6.07) is 1.84. The largest absolute Gasteiger partial charge is 0.466 e. The van der Waals surface area contributed by atoms with E-state index in [2.05, 4.69) is 10.1 Å². The van der Waals surface area contributed by atoms with E-state index in [1.54, 1.807) is 0 Å². The normalized spacial score (nSPS) is 16.4. The van der Waals surface area contributed by atoms with Gasteiger partial charge in [-0.25, -0.2) is 0 Å². The van der Waals surface area contributed by atoms with E-state index in [0.717, 1.165) is 61.9 Å². The quantitative estimate of drug-likeness (QED) is 0.865.